The summed E-state index contributed by atoms with van der Waals surface area (Å²) in [6, 6.07) is 6.59. The Morgan fingerprint density at radius 2 is 1.93 bits per heavy atom. The number of benzene rings is 1. The van der Waals surface area contributed by atoms with Crippen LogP contribution in [0.25, 0.3) is 0 Å². The second-order valence-corrected chi connectivity index (χ2v) is 5.43. The molecule has 0 saturated heterocycles. The van der Waals surface area contributed by atoms with Gasteiger partial charge in [-0.1, -0.05) is 30.7 Å². The van der Waals surface area contributed by atoms with E-state index in [1.807, 2.05) is 0 Å². The molecule has 0 nitrogen and oxygen atoms in total. The van der Waals surface area contributed by atoms with Crippen LogP contribution in [0.15, 0.2) is 18.2 Å². The first-order valence-corrected chi connectivity index (χ1v) is 6.24. The lowest BCUT2D eigenvalue weighted by atomic mass is 9.92. The molecule has 2 unspecified atom stereocenters. The Hall–Kier alpha value is -0.490. The molecule has 0 amide bonds. The van der Waals surface area contributed by atoms with Crippen LogP contribution in [0, 0.1) is 25.7 Å². The number of halogens is 1. The molecule has 1 saturated carbocycles. The summed E-state index contributed by atoms with van der Waals surface area (Å²) in [7, 11) is 0. The van der Waals surface area contributed by atoms with E-state index in [-0.39, 0.29) is 5.38 Å². The minimum atomic E-state index is 0.193. The zero-order valence-electron chi connectivity index (χ0n) is 9.76. The van der Waals surface area contributed by atoms with E-state index in [0.717, 1.165) is 5.92 Å². The van der Waals surface area contributed by atoms with E-state index in [1.54, 1.807) is 0 Å². The molecule has 0 aliphatic heterocycles. The monoisotopic (exact) mass is 222 g/mol. The topological polar surface area (TPSA) is 0 Å². The van der Waals surface area contributed by atoms with E-state index in [4.69, 9.17) is 11.6 Å². The lowest BCUT2D eigenvalue weighted by Crippen LogP contribution is -2.07. The Balaban J connectivity index is 2.20. The van der Waals surface area contributed by atoms with Crippen molar-refractivity contribution in [1.29, 1.82) is 0 Å². The summed E-state index contributed by atoms with van der Waals surface area (Å²) in [5, 5.41) is 0.193. The fraction of sp³-hybridized carbons (Fsp3) is 0.571. The first-order valence-electron chi connectivity index (χ1n) is 5.81. The van der Waals surface area contributed by atoms with Crippen molar-refractivity contribution in [2.45, 2.75) is 39.0 Å². The summed E-state index contributed by atoms with van der Waals surface area (Å²) in [6.07, 6.45) is 2.74. The zero-order valence-corrected chi connectivity index (χ0v) is 10.5. The summed E-state index contributed by atoms with van der Waals surface area (Å²) >= 11 is 6.55. The summed E-state index contributed by atoms with van der Waals surface area (Å²) in [6.45, 7) is 6.58. The normalized spacial score (nSPS) is 20.0. The summed E-state index contributed by atoms with van der Waals surface area (Å²) in [5.41, 5.74) is 3.98. The van der Waals surface area contributed by atoms with Gasteiger partial charge in [-0.05, 0) is 49.7 Å². The molecule has 1 aromatic carbocycles. The van der Waals surface area contributed by atoms with Crippen molar-refractivity contribution >= 4 is 11.6 Å². The van der Waals surface area contributed by atoms with E-state index >= 15 is 0 Å². The average molecular weight is 223 g/mol. The van der Waals surface area contributed by atoms with Crippen LogP contribution in [0.4, 0.5) is 0 Å². The maximum absolute atomic E-state index is 6.55. The van der Waals surface area contributed by atoms with Gasteiger partial charge in [-0.15, -0.1) is 11.6 Å². The third-order valence-corrected chi connectivity index (χ3v) is 4.18. The van der Waals surface area contributed by atoms with Crippen LogP contribution in [-0.4, -0.2) is 0 Å². The molecular formula is C14H19Cl. The lowest BCUT2D eigenvalue weighted by Gasteiger charge is -2.20. The van der Waals surface area contributed by atoms with E-state index in [1.165, 1.54) is 29.5 Å². The van der Waals surface area contributed by atoms with Crippen LogP contribution in [-0.2, 0) is 0 Å². The minimum absolute atomic E-state index is 0.193. The highest BCUT2D eigenvalue weighted by molar-refractivity contribution is 6.21. The molecule has 0 bridgehead atoms. The SMILES string of the molecule is Cc1ccc(C(Cl)C(C)C2CC2)c(C)c1. The Labute approximate surface area is 97.6 Å². The van der Waals surface area contributed by atoms with Crippen molar-refractivity contribution in [3.8, 4) is 0 Å². The number of aryl methyl sites for hydroxylation is 2. The van der Waals surface area contributed by atoms with Gasteiger partial charge in [0.25, 0.3) is 0 Å². The second-order valence-electron chi connectivity index (χ2n) is 4.96. The predicted molar refractivity (Wildman–Crippen MR) is 66.4 cm³/mol. The Bertz CT molecular complexity index is 352. The van der Waals surface area contributed by atoms with Gasteiger partial charge in [0.05, 0.1) is 5.38 Å². The summed E-state index contributed by atoms with van der Waals surface area (Å²) in [5.74, 6) is 1.49. The van der Waals surface area contributed by atoms with Gasteiger partial charge >= 0.3 is 0 Å². The van der Waals surface area contributed by atoms with Crippen molar-refractivity contribution in [3.63, 3.8) is 0 Å². The van der Waals surface area contributed by atoms with Gasteiger partial charge in [-0.2, -0.15) is 0 Å². The van der Waals surface area contributed by atoms with Gasteiger partial charge in [0.15, 0.2) is 0 Å². The van der Waals surface area contributed by atoms with E-state index < -0.39 is 0 Å². The molecule has 0 radical (unpaired) electrons. The first-order chi connectivity index (χ1) is 7.09. The molecule has 0 spiro atoms. The van der Waals surface area contributed by atoms with Crippen LogP contribution in [0.5, 0.6) is 0 Å². The maximum atomic E-state index is 6.55. The molecule has 82 valence electrons. The number of rotatable bonds is 3. The highest BCUT2D eigenvalue weighted by atomic mass is 35.5. The fourth-order valence-corrected chi connectivity index (χ4v) is 2.73. The molecular weight excluding hydrogens is 204 g/mol. The standard InChI is InChI=1S/C14H19Cl/c1-9-4-7-13(10(2)8-9)14(15)11(3)12-5-6-12/h4,7-8,11-12,14H,5-6H2,1-3H3. The molecule has 0 heterocycles. The third kappa shape index (κ3) is 2.36. The second kappa shape index (κ2) is 4.17. The molecule has 0 aromatic heterocycles. The van der Waals surface area contributed by atoms with Crippen LogP contribution in [0.2, 0.25) is 0 Å². The molecule has 1 aromatic rings. The number of hydrogen-bond donors (Lipinski definition) is 0. The molecule has 15 heavy (non-hydrogen) atoms. The predicted octanol–water partition coefficient (Wildman–Crippen LogP) is 4.63. The zero-order chi connectivity index (χ0) is 11.0. The van der Waals surface area contributed by atoms with Crippen molar-refractivity contribution in [1.82, 2.24) is 0 Å². The highest BCUT2D eigenvalue weighted by Gasteiger charge is 2.33. The molecule has 1 fully saturated rings. The Kier molecular flexibility index (Phi) is 3.06. The smallest absolute Gasteiger partial charge is 0.0615 e. The van der Waals surface area contributed by atoms with Crippen molar-refractivity contribution in [2.24, 2.45) is 11.8 Å². The van der Waals surface area contributed by atoms with Gasteiger partial charge in [0, 0.05) is 0 Å². The fourth-order valence-electron chi connectivity index (χ4n) is 2.28. The van der Waals surface area contributed by atoms with Crippen molar-refractivity contribution < 1.29 is 0 Å². The van der Waals surface area contributed by atoms with Gasteiger partial charge in [0.1, 0.15) is 0 Å². The molecule has 1 heteroatoms. The number of alkyl halides is 1. The van der Waals surface area contributed by atoms with Crippen LogP contribution >= 0.6 is 11.6 Å². The van der Waals surface area contributed by atoms with Crippen LogP contribution in [0.3, 0.4) is 0 Å². The third-order valence-electron chi connectivity index (χ3n) is 3.55. The average Bonchev–Trinajstić information content (AvgIpc) is 2.99. The van der Waals surface area contributed by atoms with E-state index in [0.29, 0.717) is 5.92 Å². The van der Waals surface area contributed by atoms with Crippen LogP contribution < -0.4 is 0 Å². The maximum Gasteiger partial charge on any atom is 0.0615 e. The molecule has 2 rings (SSSR count). The van der Waals surface area contributed by atoms with Gasteiger partial charge < -0.3 is 0 Å². The highest BCUT2D eigenvalue weighted by Crippen LogP contribution is 2.45. The van der Waals surface area contributed by atoms with Gasteiger partial charge in [-0.3, -0.25) is 0 Å². The van der Waals surface area contributed by atoms with Crippen molar-refractivity contribution in [2.75, 3.05) is 0 Å². The van der Waals surface area contributed by atoms with Gasteiger partial charge in [0.2, 0.25) is 0 Å². The summed E-state index contributed by atoms with van der Waals surface area (Å²) in [4.78, 5) is 0. The largest absolute Gasteiger partial charge is 0.118 e. The Morgan fingerprint density at radius 1 is 1.27 bits per heavy atom. The molecule has 2 atom stereocenters. The Morgan fingerprint density at radius 3 is 2.47 bits per heavy atom. The minimum Gasteiger partial charge on any atom is -0.118 e. The lowest BCUT2D eigenvalue weighted by molar-refractivity contribution is 0.490. The molecule has 1 aliphatic rings. The number of hydrogen-bond acceptors (Lipinski definition) is 0. The summed E-state index contributed by atoms with van der Waals surface area (Å²) < 4.78 is 0. The quantitative estimate of drug-likeness (QED) is 0.655. The molecule has 0 N–H and O–H groups in total. The first kappa shape index (κ1) is 11.0. The van der Waals surface area contributed by atoms with Gasteiger partial charge in [-0.25, -0.2) is 0 Å². The molecule has 1 aliphatic carbocycles. The van der Waals surface area contributed by atoms with E-state index in [2.05, 4.69) is 39.0 Å². The van der Waals surface area contributed by atoms with Crippen molar-refractivity contribution in [3.05, 3.63) is 34.9 Å². The van der Waals surface area contributed by atoms with Crippen LogP contribution in [0.1, 0.15) is 41.8 Å². The van der Waals surface area contributed by atoms with E-state index in [9.17, 15) is 0 Å².